The van der Waals surface area contributed by atoms with Gasteiger partial charge in [-0.15, -0.1) is 0 Å². The highest BCUT2D eigenvalue weighted by Gasteiger charge is 2.37. The van der Waals surface area contributed by atoms with Crippen molar-refractivity contribution in [1.29, 1.82) is 0 Å². The Morgan fingerprint density at radius 3 is 2.58 bits per heavy atom. The SMILES string of the molecule is CC(C)(C)N1CCCC(N)C1c1cc(F)ccc1F. The van der Waals surface area contributed by atoms with E-state index in [0.717, 1.165) is 25.5 Å². The molecule has 106 valence electrons. The Hall–Kier alpha value is -1.00. The van der Waals surface area contributed by atoms with Crippen LogP contribution >= 0.6 is 0 Å². The Labute approximate surface area is 113 Å². The summed E-state index contributed by atoms with van der Waals surface area (Å²) in [4.78, 5) is 2.18. The lowest BCUT2D eigenvalue weighted by Gasteiger charge is -2.47. The summed E-state index contributed by atoms with van der Waals surface area (Å²) < 4.78 is 27.5. The molecule has 19 heavy (non-hydrogen) atoms. The second-order valence-electron chi connectivity index (χ2n) is 6.28. The summed E-state index contributed by atoms with van der Waals surface area (Å²) >= 11 is 0. The highest BCUT2D eigenvalue weighted by Crippen LogP contribution is 2.36. The highest BCUT2D eigenvalue weighted by atomic mass is 19.1. The van der Waals surface area contributed by atoms with Crippen molar-refractivity contribution in [3.05, 3.63) is 35.4 Å². The molecule has 0 spiro atoms. The number of rotatable bonds is 1. The highest BCUT2D eigenvalue weighted by molar-refractivity contribution is 5.25. The minimum absolute atomic E-state index is 0.124. The van der Waals surface area contributed by atoms with Crippen molar-refractivity contribution in [2.24, 2.45) is 5.73 Å². The molecule has 1 aromatic rings. The summed E-state index contributed by atoms with van der Waals surface area (Å²) in [5.74, 6) is -0.791. The zero-order valence-corrected chi connectivity index (χ0v) is 11.8. The van der Waals surface area contributed by atoms with Crippen molar-refractivity contribution in [2.75, 3.05) is 6.54 Å². The van der Waals surface area contributed by atoms with Crippen LogP contribution in [0, 0.1) is 11.6 Å². The van der Waals surface area contributed by atoms with Gasteiger partial charge in [-0.2, -0.15) is 0 Å². The molecule has 0 aromatic heterocycles. The molecular weight excluding hydrogens is 246 g/mol. The number of hydrogen-bond donors (Lipinski definition) is 1. The van der Waals surface area contributed by atoms with Crippen LogP contribution in [0.1, 0.15) is 45.2 Å². The molecule has 2 N–H and O–H groups in total. The number of likely N-dealkylation sites (tertiary alicyclic amines) is 1. The molecule has 0 bridgehead atoms. The summed E-state index contributed by atoms with van der Waals surface area (Å²) in [7, 11) is 0. The first-order valence-corrected chi connectivity index (χ1v) is 6.78. The number of nitrogens with zero attached hydrogens (tertiary/aromatic N) is 1. The number of piperidine rings is 1. The van der Waals surface area contributed by atoms with Crippen molar-refractivity contribution < 1.29 is 8.78 Å². The topological polar surface area (TPSA) is 29.3 Å². The smallest absolute Gasteiger partial charge is 0.128 e. The van der Waals surface area contributed by atoms with Gasteiger partial charge in [-0.25, -0.2) is 8.78 Å². The standard InChI is InChI=1S/C15H22F2N2/c1-15(2,3)19-8-4-5-13(18)14(19)11-9-10(16)6-7-12(11)17/h6-7,9,13-14H,4-5,8,18H2,1-3H3. The van der Waals surface area contributed by atoms with Gasteiger partial charge in [0.1, 0.15) is 11.6 Å². The van der Waals surface area contributed by atoms with E-state index in [2.05, 4.69) is 25.7 Å². The molecule has 0 saturated carbocycles. The van der Waals surface area contributed by atoms with Gasteiger partial charge in [0.2, 0.25) is 0 Å². The normalized spacial score (nSPS) is 25.6. The quantitative estimate of drug-likeness (QED) is 0.847. The molecule has 1 saturated heterocycles. The van der Waals surface area contributed by atoms with Crippen LogP contribution < -0.4 is 5.73 Å². The molecular formula is C15H22F2N2. The Kier molecular flexibility index (Phi) is 3.92. The maximum Gasteiger partial charge on any atom is 0.128 e. The molecule has 4 heteroatoms. The minimum atomic E-state index is -0.414. The van der Waals surface area contributed by atoms with Gasteiger partial charge in [0, 0.05) is 17.1 Å². The van der Waals surface area contributed by atoms with Crippen LogP contribution in [0.2, 0.25) is 0 Å². The van der Waals surface area contributed by atoms with Gasteiger partial charge in [-0.05, 0) is 58.4 Å². The molecule has 2 nitrogen and oxygen atoms in total. The Bertz CT molecular complexity index is 454. The van der Waals surface area contributed by atoms with Crippen molar-refractivity contribution in [1.82, 2.24) is 4.90 Å². The van der Waals surface area contributed by atoms with Crippen LogP contribution in [-0.2, 0) is 0 Å². The molecule has 1 aromatic carbocycles. The third-order valence-electron chi connectivity index (χ3n) is 3.82. The number of benzene rings is 1. The summed E-state index contributed by atoms with van der Waals surface area (Å²) in [5.41, 5.74) is 6.44. The zero-order valence-electron chi connectivity index (χ0n) is 11.8. The van der Waals surface area contributed by atoms with E-state index in [1.54, 1.807) is 0 Å². The average molecular weight is 268 g/mol. The lowest BCUT2D eigenvalue weighted by Crippen LogP contribution is -2.53. The molecule has 1 heterocycles. The summed E-state index contributed by atoms with van der Waals surface area (Å²) in [5, 5.41) is 0. The molecule has 1 aliphatic rings. The van der Waals surface area contributed by atoms with Gasteiger partial charge in [0.25, 0.3) is 0 Å². The van der Waals surface area contributed by atoms with E-state index < -0.39 is 5.82 Å². The predicted octanol–water partition coefficient (Wildman–Crippen LogP) is 3.23. The monoisotopic (exact) mass is 268 g/mol. The van der Waals surface area contributed by atoms with Crippen LogP contribution in [0.3, 0.4) is 0 Å². The van der Waals surface area contributed by atoms with E-state index in [4.69, 9.17) is 5.73 Å². The van der Waals surface area contributed by atoms with Crippen LogP contribution in [0.4, 0.5) is 8.78 Å². The zero-order chi connectivity index (χ0) is 14.2. The van der Waals surface area contributed by atoms with Crippen molar-refractivity contribution >= 4 is 0 Å². The van der Waals surface area contributed by atoms with Crippen molar-refractivity contribution in [2.45, 2.75) is 51.2 Å². The van der Waals surface area contributed by atoms with Gasteiger partial charge >= 0.3 is 0 Å². The molecule has 2 rings (SSSR count). The van der Waals surface area contributed by atoms with Gasteiger partial charge in [0.05, 0.1) is 6.04 Å². The number of halogens is 2. The van der Waals surface area contributed by atoms with E-state index in [9.17, 15) is 8.78 Å². The molecule has 1 fully saturated rings. The second-order valence-corrected chi connectivity index (χ2v) is 6.28. The minimum Gasteiger partial charge on any atom is -0.326 e. The summed E-state index contributed by atoms with van der Waals surface area (Å²) in [6, 6.07) is 3.19. The van der Waals surface area contributed by atoms with Gasteiger partial charge < -0.3 is 5.73 Å². The summed E-state index contributed by atoms with van der Waals surface area (Å²) in [6.07, 6.45) is 1.83. The molecule has 2 atom stereocenters. The van der Waals surface area contributed by atoms with Gasteiger partial charge in [0.15, 0.2) is 0 Å². The van der Waals surface area contributed by atoms with E-state index >= 15 is 0 Å². The van der Waals surface area contributed by atoms with Crippen molar-refractivity contribution in [3.63, 3.8) is 0 Å². The maximum atomic E-state index is 14.0. The van der Waals surface area contributed by atoms with Gasteiger partial charge in [-0.3, -0.25) is 4.90 Å². The third-order valence-corrected chi connectivity index (χ3v) is 3.82. The number of hydrogen-bond acceptors (Lipinski definition) is 2. The fraction of sp³-hybridized carbons (Fsp3) is 0.600. The Morgan fingerprint density at radius 1 is 1.26 bits per heavy atom. The van der Waals surface area contributed by atoms with E-state index in [1.807, 2.05) is 0 Å². The van der Waals surface area contributed by atoms with Crippen LogP contribution in [-0.4, -0.2) is 23.0 Å². The van der Waals surface area contributed by atoms with Crippen molar-refractivity contribution in [3.8, 4) is 0 Å². The van der Waals surface area contributed by atoms with Crippen LogP contribution in [0.15, 0.2) is 18.2 Å². The first-order chi connectivity index (χ1) is 8.80. The first-order valence-electron chi connectivity index (χ1n) is 6.78. The fourth-order valence-electron chi connectivity index (χ4n) is 2.92. The van der Waals surface area contributed by atoms with Gasteiger partial charge in [-0.1, -0.05) is 0 Å². The largest absolute Gasteiger partial charge is 0.326 e. The summed E-state index contributed by atoms with van der Waals surface area (Å²) in [6.45, 7) is 7.09. The third kappa shape index (κ3) is 2.95. The molecule has 2 unspecified atom stereocenters. The Balaban J connectivity index is 2.45. The van der Waals surface area contributed by atoms with E-state index in [-0.39, 0.29) is 23.4 Å². The number of nitrogens with two attached hydrogens (primary N) is 1. The fourth-order valence-corrected chi connectivity index (χ4v) is 2.92. The average Bonchev–Trinajstić information content (AvgIpc) is 2.31. The van der Waals surface area contributed by atoms with E-state index in [0.29, 0.717) is 5.56 Å². The van der Waals surface area contributed by atoms with Crippen LogP contribution in [0.5, 0.6) is 0 Å². The molecule has 0 radical (unpaired) electrons. The Morgan fingerprint density at radius 2 is 1.95 bits per heavy atom. The molecule has 1 aliphatic heterocycles. The van der Waals surface area contributed by atoms with E-state index in [1.165, 1.54) is 12.1 Å². The second kappa shape index (κ2) is 5.17. The lowest BCUT2D eigenvalue weighted by atomic mass is 9.86. The first kappa shape index (κ1) is 14.4. The maximum absolute atomic E-state index is 14.0. The van der Waals surface area contributed by atoms with Crippen LogP contribution in [0.25, 0.3) is 0 Å². The molecule has 0 aliphatic carbocycles. The molecule has 0 amide bonds. The predicted molar refractivity (Wildman–Crippen MR) is 72.8 cm³/mol. The lowest BCUT2D eigenvalue weighted by molar-refractivity contribution is 0.0365.